The van der Waals surface area contributed by atoms with Gasteiger partial charge >= 0.3 is 5.97 Å². The summed E-state index contributed by atoms with van der Waals surface area (Å²) in [7, 11) is 0. The molecule has 1 fully saturated rings. The second kappa shape index (κ2) is 6.74. The molecule has 1 aliphatic rings. The fourth-order valence-corrected chi connectivity index (χ4v) is 2.86. The molecule has 0 N–H and O–H groups in total. The zero-order valence-corrected chi connectivity index (χ0v) is 12.0. The Balaban J connectivity index is 1.97. The van der Waals surface area contributed by atoms with Crippen LogP contribution in [0, 0.1) is 12.8 Å². The SMILES string of the molecule is Cc1ccc(C[C@H]2CCCCC(=O)O[C@@H](C)C2)cc1. The van der Waals surface area contributed by atoms with E-state index < -0.39 is 0 Å². The number of carbonyl (C=O) groups is 1. The predicted octanol–water partition coefficient (Wildman–Crippen LogP) is 4.05. The van der Waals surface area contributed by atoms with Crippen LogP contribution in [-0.4, -0.2) is 12.1 Å². The van der Waals surface area contributed by atoms with E-state index >= 15 is 0 Å². The fraction of sp³-hybridized carbons (Fsp3) is 0.588. The van der Waals surface area contributed by atoms with Crippen LogP contribution in [0.2, 0.25) is 0 Å². The van der Waals surface area contributed by atoms with E-state index in [4.69, 9.17) is 4.74 Å². The molecule has 0 bridgehead atoms. The Hall–Kier alpha value is -1.31. The summed E-state index contributed by atoms with van der Waals surface area (Å²) < 4.78 is 5.42. The van der Waals surface area contributed by atoms with Crippen LogP contribution in [-0.2, 0) is 16.0 Å². The van der Waals surface area contributed by atoms with Crippen molar-refractivity contribution in [2.45, 2.75) is 58.5 Å². The highest BCUT2D eigenvalue weighted by Gasteiger charge is 2.19. The van der Waals surface area contributed by atoms with Gasteiger partial charge in [0, 0.05) is 6.42 Å². The highest BCUT2D eigenvalue weighted by atomic mass is 16.5. The summed E-state index contributed by atoms with van der Waals surface area (Å²) in [5, 5.41) is 0. The molecule has 0 saturated carbocycles. The molecule has 1 aromatic rings. The Morgan fingerprint density at radius 2 is 1.95 bits per heavy atom. The molecule has 2 rings (SSSR count). The van der Waals surface area contributed by atoms with Crippen LogP contribution in [0.25, 0.3) is 0 Å². The van der Waals surface area contributed by atoms with Gasteiger partial charge in [0.25, 0.3) is 0 Å². The van der Waals surface area contributed by atoms with Gasteiger partial charge in [-0.2, -0.15) is 0 Å². The molecule has 0 aromatic heterocycles. The van der Waals surface area contributed by atoms with Crippen molar-refractivity contribution >= 4 is 5.97 Å². The molecular formula is C17H24O2. The Bertz CT molecular complexity index is 408. The second-order valence-electron chi connectivity index (χ2n) is 5.84. The molecule has 1 aliphatic heterocycles. The number of carbonyl (C=O) groups excluding carboxylic acids is 1. The van der Waals surface area contributed by atoms with E-state index in [0.29, 0.717) is 12.3 Å². The number of benzene rings is 1. The molecule has 2 nitrogen and oxygen atoms in total. The first-order valence-electron chi connectivity index (χ1n) is 7.38. The topological polar surface area (TPSA) is 26.3 Å². The lowest BCUT2D eigenvalue weighted by Gasteiger charge is -2.20. The van der Waals surface area contributed by atoms with Crippen molar-refractivity contribution in [3.8, 4) is 0 Å². The van der Waals surface area contributed by atoms with Gasteiger partial charge in [-0.05, 0) is 51.0 Å². The summed E-state index contributed by atoms with van der Waals surface area (Å²) in [6.45, 7) is 4.14. The molecule has 2 heteroatoms. The van der Waals surface area contributed by atoms with Crippen LogP contribution < -0.4 is 0 Å². The molecule has 0 radical (unpaired) electrons. The summed E-state index contributed by atoms with van der Waals surface area (Å²) in [5.74, 6) is 0.604. The van der Waals surface area contributed by atoms with Crippen molar-refractivity contribution in [2.24, 2.45) is 5.92 Å². The number of rotatable bonds is 2. The highest BCUT2D eigenvalue weighted by Crippen LogP contribution is 2.24. The van der Waals surface area contributed by atoms with E-state index in [1.807, 2.05) is 6.92 Å². The van der Waals surface area contributed by atoms with Crippen LogP contribution in [0.5, 0.6) is 0 Å². The summed E-state index contributed by atoms with van der Waals surface area (Å²) in [6.07, 6.45) is 6.04. The minimum atomic E-state index is -0.0246. The van der Waals surface area contributed by atoms with Crippen molar-refractivity contribution in [1.29, 1.82) is 0 Å². The van der Waals surface area contributed by atoms with Gasteiger partial charge in [-0.15, -0.1) is 0 Å². The van der Waals surface area contributed by atoms with Crippen molar-refractivity contribution in [3.05, 3.63) is 35.4 Å². The minimum absolute atomic E-state index is 0.0246. The molecule has 1 aromatic carbocycles. The average molecular weight is 260 g/mol. The first-order chi connectivity index (χ1) is 9.13. The number of hydrogen-bond donors (Lipinski definition) is 0. The maximum Gasteiger partial charge on any atom is 0.306 e. The summed E-state index contributed by atoms with van der Waals surface area (Å²) in [4.78, 5) is 11.5. The third kappa shape index (κ3) is 4.70. The maximum atomic E-state index is 11.5. The molecule has 1 heterocycles. The number of esters is 1. The zero-order chi connectivity index (χ0) is 13.7. The maximum absolute atomic E-state index is 11.5. The molecule has 0 unspecified atom stereocenters. The molecule has 0 spiro atoms. The van der Waals surface area contributed by atoms with Crippen LogP contribution in [0.15, 0.2) is 24.3 Å². The molecule has 2 atom stereocenters. The highest BCUT2D eigenvalue weighted by molar-refractivity contribution is 5.69. The van der Waals surface area contributed by atoms with Crippen molar-refractivity contribution in [1.82, 2.24) is 0 Å². The molecular weight excluding hydrogens is 236 g/mol. The summed E-state index contributed by atoms with van der Waals surface area (Å²) in [6, 6.07) is 8.79. The van der Waals surface area contributed by atoms with Crippen LogP contribution in [0.3, 0.4) is 0 Å². The van der Waals surface area contributed by atoms with Gasteiger partial charge in [0.2, 0.25) is 0 Å². The fourth-order valence-electron chi connectivity index (χ4n) is 2.86. The Kier molecular flexibility index (Phi) is 5.00. The van der Waals surface area contributed by atoms with E-state index in [1.165, 1.54) is 17.5 Å². The summed E-state index contributed by atoms with van der Waals surface area (Å²) >= 11 is 0. The lowest BCUT2D eigenvalue weighted by atomic mass is 9.89. The minimum Gasteiger partial charge on any atom is -0.463 e. The van der Waals surface area contributed by atoms with Gasteiger partial charge in [-0.1, -0.05) is 36.2 Å². The van der Waals surface area contributed by atoms with E-state index in [2.05, 4.69) is 31.2 Å². The third-order valence-corrected chi connectivity index (χ3v) is 3.89. The van der Waals surface area contributed by atoms with E-state index in [1.54, 1.807) is 0 Å². The van der Waals surface area contributed by atoms with Crippen molar-refractivity contribution < 1.29 is 9.53 Å². The largest absolute Gasteiger partial charge is 0.463 e. The quantitative estimate of drug-likeness (QED) is 0.750. The van der Waals surface area contributed by atoms with Gasteiger partial charge in [-0.25, -0.2) is 0 Å². The Labute approximate surface area is 116 Å². The number of hydrogen-bond acceptors (Lipinski definition) is 2. The van der Waals surface area contributed by atoms with Crippen molar-refractivity contribution in [3.63, 3.8) is 0 Å². The van der Waals surface area contributed by atoms with E-state index in [-0.39, 0.29) is 12.1 Å². The first-order valence-corrected chi connectivity index (χ1v) is 7.38. The molecule has 0 aliphatic carbocycles. The molecule has 1 saturated heterocycles. The lowest BCUT2D eigenvalue weighted by Crippen LogP contribution is -2.18. The molecule has 19 heavy (non-hydrogen) atoms. The Morgan fingerprint density at radius 1 is 1.21 bits per heavy atom. The monoisotopic (exact) mass is 260 g/mol. The Morgan fingerprint density at radius 3 is 2.68 bits per heavy atom. The van der Waals surface area contributed by atoms with Crippen LogP contribution in [0.1, 0.15) is 50.2 Å². The number of ether oxygens (including phenoxy) is 1. The van der Waals surface area contributed by atoms with Gasteiger partial charge in [0.1, 0.15) is 0 Å². The average Bonchev–Trinajstić information content (AvgIpc) is 2.43. The lowest BCUT2D eigenvalue weighted by molar-refractivity contribution is -0.148. The predicted molar refractivity (Wildman–Crippen MR) is 77.0 cm³/mol. The van der Waals surface area contributed by atoms with E-state index in [0.717, 1.165) is 25.7 Å². The van der Waals surface area contributed by atoms with Crippen LogP contribution >= 0.6 is 0 Å². The van der Waals surface area contributed by atoms with Gasteiger partial charge in [0.15, 0.2) is 0 Å². The third-order valence-electron chi connectivity index (χ3n) is 3.89. The number of cyclic esters (lactones) is 1. The zero-order valence-electron chi connectivity index (χ0n) is 12.0. The molecule has 0 amide bonds. The smallest absolute Gasteiger partial charge is 0.306 e. The van der Waals surface area contributed by atoms with E-state index in [9.17, 15) is 4.79 Å². The van der Waals surface area contributed by atoms with Gasteiger partial charge in [-0.3, -0.25) is 4.79 Å². The van der Waals surface area contributed by atoms with Crippen molar-refractivity contribution in [2.75, 3.05) is 0 Å². The van der Waals surface area contributed by atoms with Crippen LogP contribution in [0.4, 0.5) is 0 Å². The first kappa shape index (κ1) is 14.1. The second-order valence-corrected chi connectivity index (χ2v) is 5.84. The standard InChI is InChI=1S/C17H24O2/c1-13-7-9-15(10-8-13)12-16-5-3-4-6-17(18)19-14(2)11-16/h7-10,14,16H,3-6,11-12H2,1-2H3/t14-,16-/m0/s1. The van der Waals surface area contributed by atoms with Gasteiger partial charge in [0.05, 0.1) is 6.10 Å². The summed E-state index contributed by atoms with van der Waals surface area (Å²) in [5.41, 5.74) is 2.70. The molecule has 104 valence electrons. The van der Waals surface area contributed by atoms with Gasteiger partial charge < -0.3 is 4.74 Å². The normalized spacial score (nSPS) is 25.1. The number of aryl methyl sites for hydroxylation is 1.